The molecule has 0 N–H and O–H groups in total. The van der Waals surface area contributed by atoms with Gasteiger partial charge in [-0.25, -0.2) is 13.8 Å². The number of esters is 1. The van der Waals surface area contributed by atoms with Crippen LogP contribution in [-0.4, -0.2) is 21.1 Å². The maximum Gasteiger partial charge on any atom is 0.326 e. The molecule has 2 aromatic rings. The Morgan fingerprint density at radius 2 is 1.95 bits per heavy atom. The first kappa shape index (κ1) is 13.5. The Labute approximate surface area is 109 Å². The highest BCUT2D eigenvalue weighted by Crippen LogP contribution is 2.18. The maximum absolute atomic E-state index is 13.2. The number of hydrogen-bond donors (Lipinski definition) is 0. The third-order valence-electron chi connectivity index (χ3n) is 2.38. The number of ether oxygens (including phenoxy) is 1. The minimum Gasteiger partial charge on any atom is -0.459 e. The number of aromatic nitrogens is 2. The van der Waals surface area contributed by atoms with Gasteiger partial charge in [0.2, 0.25) is 0 Å². The van der Waals surface area contributed by atoms with Crippen LogP contribution >= 0.6 is 0 Å². The average Bonchev–Trinajstić information content (AvgIpc) is 2.59. The van der Waals surface area contributed by atoms with Gasteiger partial charge in [0, 0.05) is 12.1 Å². The summed E-state index contributed by atoms with van der Waals surface area (Å²) in [6, 6.07) is 2.01. The van der Waals surface area contributed by atoms with Gasteiger partial charge < -0.3 is 9.30 Å². The summed E-state index contributed by atoms with van der Waals surface area (Å²) in [5.74, 6) is -2.40. The number of benzene rings is 1. The van der Waals surface area contributed by atoms with Gasteiger partial charge in [-0.1, -0.05) is 0 Å². The van der Waals surface area contributed by atoms with Crippen LogP contribution < -0.4 is 0 Å². The van der Waals surface area contributed by atoms with E-state index in [1.807, 2.05) is 0 Å². The molecule has 4 nitrogen and oxygen atoms in total. The van der Waals surface area contributed by atoms with Crippen LogP contribution in [0.2, 0.25) is 0 Å². The molecule has 0 unspecified atom stereocenters. The van der Waals surface area contributed by atoms with Crippen molar-refractivity contribution in [1.82, 2.24) is 9.55 Å². The lowest BCUT2D eigenvalue weighted by atomic mass is 10.2. The van der Waals surface area contributed by atoms with E-state index in [9.17, 15) is 13.6 Å². The number of nitrogens with zero attached hydrogens (tertiary/aromatic N) is 2. The second-order valence-electron chi connectivity index (χ2n) is 5.21. The molecule has 6 heteroatoms. The molecule has 0 amide bonds. The Balaban J connectivity index is 2.27. The van der Waals surface area contributed by atoms with E-state index in [1.165, 1.54) is 10.9 Å². The van der Waals surface area contributed by atoms with Crippen molar-refractivity contribution < 1.29 is 18.3 Å². The second-order valence-corrected chi connectivity index (χ2v) is 5.21. The van der Waals surface area contributed by atoms with Gasteiger partial charge in [-0.2, -0.15) is 0 Å². The van der Waals surface area contributed by atoms with Crippen LogP contribution in [0.15, 0.2) is 18.5 Å². The largest absolute Gasteiger partial charge is 0.459 e. The van der Waals surface area contributed by atoms with E-state index in [4.69, 9.17) is 4.74 Å². The van der Waals surface area contributed by atoms with Gasteiger partial charge in [0.05, 0.1) is 17.4 Å². The minimum absolute atomic E-state index is 0.0984. The fourth-order valence-corrected chi connectivity index (χ4v) is 1.69. The Bertz CT molecular complexity index is 629. The van der Waals surface area contributed by atoms with Crippen molar-refractivity contribution in [3.63, 3.8) is 0 Å². The van der Waals surface area contributed by atoms with Crippen molar-refractivity contribution in [2.24, 2.45) is 0 Å². The third kappa shape index (κ3) is 3.07. The van der Waals surface area contributed by atoms with Crippen LogP contribution in [0.3, 0.4) is 0 Å². The molecule has 0 aliphatic carbocycles. The fourth-order valence-electron chi connectivity index (χ4n) is 1.69. The monoisotopic (exact) mass is 268 g/mol. The highest BCUT2D eigenvalue weighted by molar-refractivity contribution is 5.78. The van der Waals surface area contributed by atoms with Gasteiger partial charge >= 0.3 is 5.97 Å². The predicted octanol–water partition coefficient (Wildman–Crippen LogP) is 2.66. The first-order chi connectivity index (χ1) is 8.76. The van der Waals surface area contributed by atoms with E-state index in [1.54, 1.807) is 20.8 Å². The molecular formula is C13H14F2N2O2. The van der Waals surface area contributed by atoms with Crippen LogP contribution in [-0.2, 0) is 16.1 Å². The van der Waals surface area contributed by atoms with E-state index in [0.717, 1.165) is 12.1 Å². The molecule has 0 atom stereocenters. The van der Waals surface area contributed by atoms with Gasteiger partial charge in [0.1, 0.15) is 12.1 Å². The summed E-state index contributed by atoms with van der Waals surface area (Å²) in [4.78, 5) is 15.6. The smallest absolute Gasteiger partial charge is 0.326 e. The Morgan fingerprint density at radius 1 is 1.32 bits per heavy atom. The van der Waals surface area contributed by atoms with E-state index in [0.29, 0.717) is 11.0 Å². The molecule has 0 saturated heterocycles. The number of carbonyl (C=O) groups is 1. The molecule has 0 spiro atoms. The molecule has 19 heavy (non-hydrogen) atoms. The molecule has 0 bridgehead atoms. The zero-order valence-electron chi connectivity index (χ0n) is 10.9. The van der Waals surface area contributed by atoms with E-state index in [2.05, 4.69) is 4.98 Å². The molecule has 1 aromatic carbocycles. The molecule has 0 saturated carbocycles. The standard InChI is InChI=1S/C13H14F2N2O2/c1-13(2,3)19-12(18)6-17-7-16-10-4-8(14)9(15)5-11(10)17/h4-5,7H,6H2,1-3H3. The molecular weight excluding hydrogens is 254 g/mol. The number of imidazole rings is 1. The van der Waals surface area contributed by atoms with Crippen molar-refractivity contribution >= 4 is 17.0 Å². The second kappa shape index (κ2) is 4.60. The van der Waals surface area contributed by atoms with E-state index >= 15 is 0 Å². The molecule has 0 radical (unpaired) electrons. The predicted molar refractivity (Wildman–Crippen MR) is 65.5 cm³/mol. The van der Waals surface area contributed by atoms with E-state index < -0.39 is 23.2 Å². The van der Waals surface area contributed by atoms with Crippen molar-refractivity contribution in [3.8, 4) is 0 Å². The average molecular weight is 268 g/mol. The molecule has 102 valence electrons. The third-order valence-corrected chi connectivity index (χ3v) is 2.38. The van der Waals surface area contributed by atoms with Crippen LogP contribution in [0, 0.1) is 11.6 Å². The summed E-state index contributed by atoms with van der Waals surface area (Å²) in [5.41, 5.74) is 0.0531. The SMILES string of the molecule is CC(C)(C)OC(=O)Cn1cnc2cc(F)c(F)cc21. The minimum atomic E-state index is -0.974. The highest BCUT2D eigenvalue weighted by atomic mass is 19.2. The highest BCUT2D eigenvalue weighted by Gasteiger charge is 2.18. The number of rotatable bonds is 2. The normalized spacial score (nSPS) is 11.8. The zero-order chi connectivity index (χ0) is 14.2. The van der Waals surface area contributed by atoms with Crippen molar-refractivity contribution in [1.29, 1.82) is 0 Å². The molecule has 0 aliphatic rings. The number of hydrogen-bond acceptors (Lipinski definition) is 3. The van der Waals surface area contributed by atoms with Crippen LogP contribution in [0.5, 0.6) is 0 Å². The first-order valence-corrected chi connectivity index (χ1v) is 5.78. The lowest BCUT2D eigenvalue weighted by Gasteiger charge is -2.19. The summed E-state index contributed by atoms with van der Waals surface area (Å²) < 4.78 is 32.8. The fraction of sp³-hybridized carbons (Fsp3) is 0.385. The van der Waals surface area contributed by atoms with Gasteiger partial charge in [-0.15, -0.1) is 0 Å². The summed E-state index contributed by atoms with van der Waals surface area (Å²) in [6.07, 6.45) is 1.35. The molecule has 0 aliphatic heterocycles. The molecule has 2 rings (SSSR count). The maximum atomic E-state index is 13.2. The molecule has 1 aromatic heterocycles. The number of fused-ring (bicyclic) bond motifs is 1. The molecule has 1 heterocycles. The van der Waals surface area contributed by atoms with Crippen LogP contribution in [0.4, 0.5) is 8.78 Å². The van der Waals surface area contributed by atoms with Crippen molar-refractivity contribution in [3.05, 3.63) is 30.1 Å². The molecule has 0 fully saturated rings. The van der Waals surface area contributed by atoms with Gasteiger partial charge in [0.25, 0.3) is 0 Å². The Hall–Kier alpha value is -1.98. The van der Waals surface area contributed by atoms with Crippen molar-refractivity contribution in [2.75, 3.05) is 0 Å². The topological polar surface area (TPSA) is 44.1 Å². The lowest BCUT2D eigenvalue weighted by molar-refractivity contribution is -0.155. The van der Waals surface area contributed by atoms with Crippen LogP contribution in [0.25, 0.3) is 11.0 Å². The quantitative estimate of drug-likeness (QED) is 0.786. The summed E-state index contributed by atoms with van der Waals surface area (Å²) in [7, 11) is 0. The zero-order valence-corrected chi connectivity index (χ0v) is 10.9. The Morgan fingerprint density at radius 3 is 2.58 bits per heavy atom. The Kier molecular flexibility index (Phi) is 3.26. The number of carbonyl (C=O) groups excluding carboxylic acids is 1. The first-order valence-electron chi connectivity index (χ1n) is 5.78. The van der Waals surface area contributed by atoms with Gasteiger partial charge in [0.15, 0.2) is 11.6 Å². The summed E-state index contributed by atoms with van der Waals surface area (Å²) in [6.45, 7) is 5.17. The summed E-state index contributed by atoms with van der Waals surface area (Å²) in [5, 5.41) is 0. The van der Waals surface area contributed by atoms with Crippen molar-refractivity contribution in [2.45, 2.75) is 32.9 Å². The lowest BCUT2D eigenvalue weighted by Crippen LogP contribution is -2.26. The van der Waals surface area contributed by atoms with Gasteiger partial charge in [-0.05, 0) is 20.8 Å². The number of halogens is 2. The van der Waals surface area contributed by atoms with Gasteiger partial charge in [-0.3, -0.25) is 4.79 Å². The van der Waals surface area contributed by atoms with Crippen LogP contribution in [0.1, 0.15) is 20.8 Å². The van der Waals surface area contributed by atoms with E-state index in [-0.39, 0.29) is 6.54 Å². The summed E-state index contributed by atoms with van der Waals surface area (Å²) >= 11 is 0.